The molecule has 3 nitrogen and oxygen atoms in total. The quantitative estimate of drug-likeness (QED) is 0.860. The van der Waals surface area contributed by atoms with E-state index in [0.29, 0.717) is 6.54 Å². The third-order valence-corrected chi connectivity index (χ3v) is 2.44. The number of hydrogen-bond donors (Lipinski definition) is 1. The highest BCUT2D eigenvalue weighted by atomic mass is 19.1. The molecule has 0 saturated carbocycles. The Balaban J connectivity index is 1.95. The van der Waals surface area contributed by atoms with Crippen molar-refractivity contribution in [3.05, 3.63) is 53.7 Å². The van der Waals surface area contributed by atoms with Crippen LogP contribution in [0.15, 0.2) is 41.2 Å². The second-order valence-corrected chi connectivity index (χ2v) is 3.69. The van der Waals surface area contributed by atoms with Crippen LogP contribution in [0.25, 0.3) is 0 Å². The van der Waals surface area contributed by atoms with E-state index >= 15 is 0 Å². The summed E-state index contributed by atoms with van der Waals surface area (Å²) in [5, 5.41) is 6.87. The zero-order valence-corrected chi connectivity index (χ0v) is 8.98. The number of nitrogens with zero attached hydrogens (tertiary/aromatic N) is 1. The number of hydrogen-bond acceptors (Lipinski definition) is 3. The second kappa shape index (κ2) is 4.90. The third kappa shape index (κ3) is 2.67. The van der Waals surface area contributed by atoms with E-state index in [-0.39, 0.29) is 11.9 Å². The molecular formula is C12H13FN2O. The lowest BCUT2D eigenvalue weighted by Gasteiger charge is -2.13. The first-order valence-electron chi connectivity index (χ1n) is 5.13. The predicted molar refractivity (Wildman–Crippen MR) is 58.2 cm³/mol. The van der Waals surface area contributed by atoms with Crippen molar-refractivity contribution in [1.29, 1.82) is 0 Å². The smallest absolute Gasteiger partial charge is 0.128 e. The maximum absolute atomic E-state index is 13.0. The molecule has 4 heteroatoms. The van der Waals surface area contributed by atoms with Crippen molar-refractivity contribution in [2.75, 3.05) is 0 Å². The summed E-state index contributed by atoms with van der Waals surface area (Å²) in [4.78, 5) is 0. The molecule has 1 aromatic heterocycles. The lowest BCUT2D eigenvalue weighted by Crippen LogP contribution is -2.17. The molecule has 84 valence electrons. The molecule has 2 rings (SSSR count). The standard InChI is InChI=1S/C12H13FN2O/c1-9(11-3-2-4-12(13)5-11)14-6-10-7-15-16-8-10/h2-5,7-9,14H,6H2,1H3. The number of aromatic nitrogens is 1. The Hall–Kier alpha value is -1.68. The Kier molecular flexibility index (Phi) is 3.31. The van der Waals surface area contributed by atoms with Gasteiger partial charge in [0.1, 0.15) is 12.1 Å². The fourth-order valence-electron chi connectivity index (χ4n) is 1.48. The highest BCUT2D eigenvalue weighted by Crippen LogP contribution is 2.14. The van der Waals surface area contributed by atoms with Gasteiger partial charge in [-0.2, -0.15) is 0 Å². The fourth-order valence-corrected chi connectivity index (χ4v) is 1.48. The van der Waals surface area contributed by atoms with Crippen LogP contribution in [0.3, 0.4) is 0 Å². The lowest BCUT2D eigenvalue weighted by molar-refractivity contribution is 0.418. The van der Waals surface area contributed by atoms with Gasteiger partial charge < -0.3 is 9.84 Å². The molecule has 0 amide bonds. The van der Waals surface area contributed by atoms with E-state index in [0.717, 1.165) is 11.1 Å². The molecule has 1 unspecified atom stereocenters. The van der Waals surface area contributed by atoms with Crippen LogP contribution >= 0.6 is 0 Å². The largest absolute Gasteiger partial charge is 0.364 e. The van der Waals surface area contributed by atoms with Gasteiger partial charge in [0.25, 0.3) is 0 Å². The van der Waals surface area contributed by atoms with E-state index < -0.39 is 0 Å². The van der Waals surface area contributed by atoms with Gasteiger partial charge in [-0.15, -0.1) is 0 Å². The summed E-state index contributed by atoms with van der Waals surface area (Å²) < 4.78 is 17.7. The van der Waals surface area contributed by atoms with Gasteiger partial charge in [0.05, 0.1) is 6.20 Å². The lowest BCUT2D eigenvalue weighted by atomic mass is 10.1. The van der Waals surface area contributed by atoms with Gasteiger partial charge in [-0.1, -0.05) is 17.3 Å². The van der Waals surface area contributed by atoms with E-state index in [1.54, 1.807) is 18.5 Å². The molecule has 0 bridgehead atoms. The van der Waals surface area contributed by atoms with E-state index in [2.05, 4.69) is 10.5 Å². The number of halogens is 1. The van der Waals surface area contributed by atoms with Crippen LogP contribution in [0.1, 0.15) is 24.1 Å². The van der Waals surface area contributed by atoms with E-state index in [1.165, 1.54) is 12.1 Å². The second-order valence-electron chi connectivity index (χ2n) is 3.69. The summed E-state index contributed by atoms with van der Waals surface area (Å²) in [6, 6.07) is 6.67. The van der Waals surface area contributed by atoms with Crippen molar-refractivity contribution in [2.45, 2.75) is 19.5 Å². The first-order valence-corrected chi connectivity index (χ1v) is 5.13. The first kappa shape index (κ1) is 10.8. The summed E-state index contributed by atoms with van der Waals surface area (Å²) in [7, 11) is 0. The number of nitrogens with one attached hydrogen (secondary N) is 1. The molecular weight excluding hydrogens is 207 g/mol. The minimum Gasteiger partial charge on any atom is -0.364 e. The van der Waals surface area contributed by atoms with Crippen LogP contribution in [0.4, 0.5) is 4.39 Å². The molecule has 0 aliphatic carbocycles. The number of benzene rings is 1. The molecule has 1 atom stereocenters. The summed E-state index contributed by atoms with van der Waals surface area (Å²) in [6.07, 6.45) is 3.25. The van der Waals surface area contributed by atoms with Gasteiger partial charge in [-0.05, 0) is 24.6 Å². The van der Waals surface area contributed by atoms with Crippen LogP contribution in [0.2, 0.25) is 0 Å². The monoisotopic (exact) mass is 220 g/mol. The van der Waals surface area contributed by atoms with Crippen LogP contribution in [0.5, 0.6) is 0 Å². The van der Waals surface area contributed by atoms with Gasteiger partial charge in [-0.25, -0.2) is 4.39 Å². The summed E-state index contributed by atoms with van der Waals surface area (Å²) in [5.74, 6) is -0.212. The Morgan fingerprint density at radius 1 is 1.50 bits per heavy atom. The summed E-state index contributed by atoms with van der Waals surface area (Å²) >= 11 is 0. The van der Waals surface area contributed by atoms with Crippen molar-refractivity contribution >= 4 is 0 Å². The van der Waals surface area contributed by atoms with Crippen molar-refractivity contribution in [3.63, 3.8) is 0 Å². The van der Waals surface area contributed by atoms with Crippen LogP contribution in [-0.2, 0) is 6.54 Å². The minimum absolute atomic E-state index is 0.0885. The maximum Gasteiger partial charge on any atom is 0.128 e. The predicted octanol–water partition coefficient (Wildman–Crippen LogP) is 2.66. The molecule has 0 spiro atoms. The minimum atomic E-state index is -0.212. The molecule has 0 radical (unpaired) electrons. The Morgan fingerprint density at radius 2 is 2.38 bits per heavy atom. The third-order valence-electron chi connectivity index (χ3n) is 2.44. The van der Waals surface area contributed by atoms with Crippen molar-refractivity contribution in [2.24, 2.45) is 0 Å². The highest BCUT2D eigenvalue weighted by Gasteiger charge is 2.06. The Labute approximate surface area is 93.3 Å². The average molecular weight is 220 g/mol. The zero-order chi connectivity index (χ0) is 11.4. The molecule has 0 aliphatic heterocycles. The van der Waals surface area contributed by atoms with Crippen molar-refractivity contribution < 1.29 is 8.91 Å². The SMILES string of the molecule is CC(NCc1cnoc1)c1cccc(F)c1. The first-order chi connectivity index (χ1) is 7.75. The highest BCUT2D eigenvalue weighted by molar-refractivity contribution is 5.19. The van der Waals surface area contributed by atoms with Crippen LogP contribution in [-0.4, -0.2) is 5.16 Å². The average Bonchev–Trinajstić information content (AvgIpc) is 2.78. The molecule has 0 fully saturated rings. The van der Waals surface area contributed by atoms with Gasteiger partial charge in [-0.3, -0.25) is 0 Å². The van der Waals surface area contributed by atoms with Gasteiger partial charge in [0.2, 0.25) is 0 Å². The van der Waals surface area contributed by atoms with E-state index in [1.807, 2.05) is 13.0 Å². The van der Waals surface area contributed by atoms with Gasteiger partial charge in [0.15, 0.2) is 0 Å². The maximum atomic E-state index is 13.0. The Morgan fingerprint density at radius 3 is 3.06 bits per heavy atom. The molecule has 2 aromatic rings. The number of rotatable bonds is 4. The molecule has 0 aliphatic rings. The van der Waals surface area contributed by atoms with E-state index in [4.69, 9.17) is 4.52 Å². The Bertz CT molecular complexity index is 442. The topological polar surface area (TPSA) is 38.1 Å². The molecule has 0 saturated heterocycles. The molecule has 1 N–H and O–H groups in total. The van der Waals surface area contributed by atoms with E-state index in [9.17, 15) is 4.39 Å². The molecule has 16 heavy (non-hydrogen) atoms. The van der Waals surface area contributed by atoms with Crippen molar-refractivity contribution in [1.82, 2.24) is 10.5 Å². The fraction of sp³-hybridized carbons (Fsp3) is 0.250. The van der Waals surface area contributed by atoms with Gasteiger partial charge in [0, 0.05) is 18.2 Å². The van der Waals surface area contributed by atoms with Crippen LogP contribution < -0.4 is 5.32 Å². The summed E-state index contributed by atoms with van der Waals surface area (Å²) in [6.45, 7) is 2.64. The molecule has 1 aromatic carbocycles. The van der Waals surface area contributed by atoms with Gasteiger partial charge >= 0.3 is 0 Å². The normalized spacial score (nSPS) is 12.6. The van der Waals surface area contributed by atoms with Crippen LogP contribution in [0, 0.1) is 5.82 Å². The van der Waals surface area contributed by atoms with Crippen molar-refractivity contribution in [3.8, 4) is 0 Å². The summed E-state index contributed by atoms with van der Waals surface area (Å²) in [5.41, 5.74) is 1.90. The molecule has 1 heterocycles. The zero-order valence-electron chi connectivity index (χ0n) is 8.98.